The summed E-state index contributed by atoms with van der Waals surface area (Å²) in [5.41, 5.74) is 2.76. The smallest absolute Gasteiger partial charge is 0.216 e. The molecule has 0 fully saturated rings. The monoisotopic (exact) mass is 262 g/mol. The number of rotatable bonds is 3. The Morgan fingerprint density at radius 1 is 1.15 bits per heavy atom. The molecular weight excluding hydrogens is 248 g/mol. The fraction of sp³-hybridized carbons (Fsp3) is 0.176. The summed E-state index contributed by atoms with van der Waals surface area (Å²) in [4.78, 5) is 4.61. The van der Waals surface area contributed by atoms with Crippen LogP contribution in [-0.4, -0.2) is 18.5 Å². The van der Waals surface area contributed by atoms with Gasteiger partial charge in [0, 0.05) is 5.56 Å². The third kappa shape index (κ3) is 2.70. The zero-order chi connectivity index (χ0) is 13.8. The molecule has 0 N–H and O–H groups in total. The molecule has 1 aliphatic heterocycles. The molecule has 3 rings (SSSR count). The van der Waals surface area contributed by atoms with E-state index in [-0.39, 0.29) is 6.04 Å². The summed E-state index contributed by atoms with van der Waals surface area (Å²) >= 11 is 0. The molecule has 0 saturated heterocycles. The predicted molar refractivity (Wildman–Crippen MR) is 77.6 cm³/mol. The second-order valence-corrected chi connectivity index (χ2v) is 4.78. The van der Waals surface area contributed by atoms with E-state index in [2.05, 4.69) is 23.2 Å². The first-order chi connectivity index (χ1) is 9.85. The molecule has 3 nitrogen and oxygen atoms in total. The minimum atomic E-state index is 0.151. The molecule has 0 bridgehead atoms. The van der Waals surface area contributed by atoms with Crippen LogP contribution in [0.15, 0.2) is 59.6 Å². The number of ether oxygens (including phenoxy) is 1. The molecule has 2 aromatic rings. The van der Waals surface area contributed by atoms with Crippen molar-refractivity contribution in [2.24, 2.45) is 4.99 Å². The van der Waals surface area contributed by atoms with Crippen LogP contribution >= 0.6 is 0 Å². The van der Waals surface area contributed by atoms with Crippen LogP contribution in [0.25, 0.3) is 0 Å². The number of hydrogen-bond acceptors (Lipinski definition) is 3. The van der Waals surface area contributed by atoms with Gasteiger partial charge in [0.1, 0.15) is 6.61 Å². The number of benzene rings is 2. The van der Waals surface area contributed by atoms with Crippen molar-refractivity contribution in [1.29, 1.82) is 5.26 Å². The standard InChI is InChI=1S/C17H14N2O/c18-11-14-7-4-8-15(9-14)17-19-16(12-20-17)10-13-5-2-1-3-6-13/h1-9,16H,10,12H2/t16-/m0/s1. The van der Waals surface area contributed by atoms with Gasteiger partial charge in [-0.25, -0.2) is 4.99 Å². The highest BCUT2D eigenvalue weighted by Gasteiger charge is 2.20. The average Bonchev–Trinajstić information content (AvgIpc) is 2.97. The van der Waals surface area contributed by atoms with Gasteiger partial charge < -0.3 is 4.74 Å². The van der Waals surface area contributed by atoms with Crippen LogP contribution in [0, 0.1) is 11.3 Å². The van der Waals surface area contributed by atoms with Gasteiger partial charge in [0.15, 0.2) is 0 Å². The Bertz CT molecular complexity index is 671. The van der Waals surface area contributed by atoms with Crippen molar-refractivity contribution in [2.45, 2.75) is 12.5 Å². The van der Waals surface area contributed by atoms with E-state index >= 15 is 0 Å². The van der Waals surface area contributed by atoms with E-state index in [1.54, 1.807) is 6.07 Å². The lowest BCUT2D eigenvalue weighted by atomic mass is 10.1. The van der Waals surface area contributed by atoms with Crippen molar-refractivity contribution < 1.29 is 4.74 Å². The van der Waals surface area contributed by atoms with Crippen LogP contribution in [0.2, 0.25) is 0 Å². The molecule has 0 unspecified atom stereocenters. The van der Waals surface area contributed by atoms with Crippen LogP contribution in [-0.2, 0) is 11.2 Å². The molecule has 0 amide bonds. The maximum Gasteiger partial charge on any atom is 0.216 e. The summed E-state index contributed by atoms with van der Waals surface area (Å²) in [6.07, 6.45) is 0.877. The topological polar surface area (TPSA) is 45.4 Å². The van der Waals surface area contributed by atoms with Gasteiger partial charge in [-0.05, 0) is 30.2 Å². The molecule has 0 saturated carbocycles. The Labute approximate surface area is 118 Å². The molecule has 0 spiro atoms. The van der Waals surface area contributed by atoms with E-state index in [9.17, 15) is 0 Å². The molecular formula is C17H14N2O. The highest BCUT2D eigenvalue weighted by Crippen LogP contribution is 2.16. The second kappa shape index (κ2) is 5.58. The summed E-state index contributed by atoms with van der Waals surface area (Å²) in [5, 5.41) is 8.92. The molecule has 1 aliphatic rings. The lowest BCUT2D eigenvalue weighted by molar-refractivity contribution is 0.317. The molecule has 98 valence electrons. The van der Waals surface area contributed by atoms with Crippen LogP contribution in [0.4, 0.5) is 0 Å². The van der Waals surface area contributed by atoms with E-state index in [1.807, 2.05) is 36.4 Å². The van der Waals surface area contributed by atoms with Gasteiger partial charge in [-0.3, -0.25) is 0 Å². The average molecular weight is 262 g/mol. The Balaban J connectivity index is 1.76. The molecule has 20 heavy (non-hydrogen) atoms. The number of hydrogen-bond donors (Lipinski definition) is 0. The largest absolute Gasteiger partial charge is 0.475 e. The number of nitriles is 1. The minimum absolute atomic E-state index is 0.151. The van der Waals surface area contributed by atoms with Crippen molar-refractivity contribution in [2.75, 3.05) is 6.61 Å². The van der Waals surface area contributed by atoms with Crippen molar-refractivity contribution in [3.63, 3.8) is 0 Å². The maximum absolute atomic E-state index is 8.92. The van der Waals surface area contributed by atoms with Crippen molar-refractivity contribution in [1.82, 2.24) is 0 Å². The molecule has 2 aromatic carbocycles. The molecule has 1 atom stereocenters. The van der Waals surface area contributed by atoms with Crippen molar-refractivity contribution in [3.8, 4) is 6.07 Å². The maximum atomic E-state index is 8.92. The number of nitrogens with zero attached hydrogens (tertiary/aromatic N) is 2. The predicted octanol–water partition coefficient (Wildman–Crippen LogP) is 2.95. The summed E-state index contributed by atoms with van der Waals surface area (Å²) in [6, 6.07) is 19.9. The lowest BCUT2D eigenvalue weighted by Crippen LogP contribution is -2.09. The Morgan fingerprint density at radius 3 is 2.80 bits per heavy atom. The van der Waals surface area contributed by atoms with E-state index in [1.165, 1.54) is 5.56 Å². The summed E-state index contributed by atoms with van der Waals surface area (Å²) < 4.78 is 5.66. The third-order valence-electron chi connectivity index (χ3n) is 3.27. The SMILES string of the molecule is N#Cc1cccc(C2=N[C@@H](Cc3ccccc3)CO2)c1. The molecule has 1 heterocycles. The van der Waals surface area contributed by atoms with Gasteiger partial charge in [0.2, 0.25) is 5.90 Å². The van der Waals surface area contributed by atoms with Crippen LogP contribution < -0.4 is 0 Å². The van der Waals surface area contributed by atoms with Gasteiger partial charge in [-0.15, -0.1) is 0 Å². The van der Waals surface area contributed by atoms with Gasteiger partial charge in [0.25, 0.3) is 0 Å². The van der Waals surface area contributed by atoms with E-state index in [0.29, 0.717) is 18.1 Å². The van der Waals surface area contributed by atoms with Crippen molar-refractivity contribution in [3.05, 3.63) is 71.3 Å². The quantitative estimate of drug-likeness (QED) is 0.853. The third-order valence-corrected chi connectivity index (χ3v) is 3.27. The second-order valence-electron chi connectivity index (χ2n) is 4.78. The normalized spacial score (nSPS) is 17.1. The van der Waals surface area contributed by atoms with Crippen LogP contribution in [0.1, 0.15) is 16.7 Å². The summed E-state index contributed by atoms with van der Waals surface area (Å²) in [5.74, 6) is 0.642. The lowest BCUT2D eigenvalue weighted by Gasteiger charge is -2.04. The van der Waals surface area contributed by atoms with E-state index in [4.69, 9.17) is 10.00 Å². The molecule has 3 heteroatoms. The Morgan fingerprint density at radius 2 is 2.00 bits per heavy atom. The van der Waals surface area contributed by atoms with E-state index < -0.39 is 0 Å². The molecule has 0 aromatic heterocycles. The first-order valence-corrected chi connectivity index (χ1v) is 6.60. The minimum Gasteiger partial charge on any atom is -0.475 e. The zero-order valence-electron chi connectivity index (χ0n) is 11.0. The molecule has 0 aliphatic carbocycles. The van der Waals surface area contributed by atoms with Crippen LogP contribution in [0.5, 0.6) is 0 Å². The Kier molecular flexibility index (Phi) is 3.47. The number of aliphatic imine (C=N–C) groups is 1. The van der Waals surface area contributed by atoms with Gasteiger partial charge in [0.05, 0.1) is 17.7 Å². The zero-order valence-corrected chi connectivity index (χ0v) is 11.0. The highest BCUT2D eigenvalue weighted by molar-refractivity contribution is 5.95. The Hall–Kier alpha value is -2.60. The van der Waals surface area contributed by atoms with Gasteiger partial charge in [-0.1, -0.05) is 36.4 Å². The summed E-state index contributed by atoms with van der Waals surface area (Å²) in [6.45, 7) is 0.598. The van der Waals surface area contributed by atoms with Gasteiger partial charge >= 0.3 is 0 Å². The van der Waals surface area contributed by atoms with E-state index in [0.717, 1.165) is 12.0 Å². The van der Waals surface area contributed by atoms with Crippen LogP contribution in [0.3, 0.4) is 0 Å². The highest BCUT2D eigenvalue weighted by atomic mass is 16.5. The first kappa shape index (κ1) is 12.4. The first-order valence-electron chi connectivity index (χ1n) is 6.60. The fourth-order valence-electron chi connectivity index (χ4n) is 2.29. The summed E-state index contributed by atoms with van der Waals surface area (Å²) in [7, 11) is 0. The molecule has 0 radical (unpaired) electrons. The fourth-order valence-corrected chi connectivity index (χ4v) is 2.29. The van der Waals surface area contributed by atoms with Crippen molar-refractivity contribution >= 4 is 5.90 Å². The van der Waals surface area contributed by atoms with Gasteiger partial charge in [-0.2, -0.15) is 5.26 Å².